The van der Waals surface area contributed by atoms with E-state index in [0.29, 0.717) is 33.8 Å². The predicted octanol–water partition coefficient (Wildman–Crippen LogP) is 3.86. The number of amides is 1. The van der Waals surface area contributed by atoms with Gasteiger partial charge in [-0.3, -0.25) is 4.79 Å². The summed E-state index contributed by atoms with van der Waals surface area (Å²) in [6.07, 6.45) is 0. The molecule has 134 valence electrons. The highest BCUT2D eigenvalue weighted by molar-refractivity contribution is 7.14. The second-order valence-electron chi connectivity index (χ2n) is 5.35. The summed E-state index contributed by atoms with van der Waals surface area (Å²) in [5.74, 6) is 1.50. The van der Waals surface area contributed by atoms with Gasteiger partial charge in [-0.05, 0) is 31.2 Å². The number of thiazole rings is 1. The summed E-state index contributed by atoms with van der Waals surface area (Å²) >= 11 is 1.33. The summed E-state index contributed by atoms with van der Waals surface area (Å²) in [5, 5.41) is 8.16. The molecular weight excluding hydrogens is 352 g/mol. The van der Waals surface area contributed by atoms with Gasteiger partial charge in [0.1, 0.15) is 23.0 Å². The zero-order chi connectivity index (χ0) is 18.5. The Morgan fingerprint density at radius 1 is 1.12 bits per heavy atom. The lowest BCUT2D eigenvalue weighted by molar-refractivity contribution is 0.102. The quantitative estimate of drug-likeness (QED) is 0.685. The van der Waals surface area contributed by atoms with Gasteiger partial charge >= 0.3 is 0 Å². The first-order valence-corrected chi connectivity index (χ1v) is 8.66. The van der Waals surface area contributed by atoms with Crippen molar-refractivity contribution in [3.63, 3.8) is 0 Å². The Bertz CT molecular complexity index is 926. The number of pyridine rings is 1. The molecule has 0 radical (unpaired) electrons. The van der Waals surface area contributed by atoms with Gasteiger partial charge in [0.05, 0.1) is 19.9 Å². The van der Waals surface area contributed by atoms with Crippen molar-refractivity contribution in [3.8, 4) is 11.5 Å². The first kappa shape index (κ1) is 17.7. The van der Waals surface area contributed by atoms with Crippen molar-refractivity contribution in [2.45, 2.75) is 6.92 Å². The molecule has 2 heterocycles. The van der Waals surface area contributed by atoms with E-state index in [2.05, 4.69) is 20.6 Å². The minimum absolute atomic E-state index is 0.301. The smallest absolute Gasteiger partial charge is 0.275 e. The highest BCUT2D eigenvalue weighted by Crippen LogP contribution is 2.29. The Morgan fingerprint density at radius 3 is 2.69 bits per heavy atom. The maximum atomic E-state index is 12.5. The van der Waals surface area contributed by atoms with Gasteiger partial charge in [0.15, 0.2) is 5.13 Å². The highest BCUT2D eigenvalue weighted by atomic mass is 32.1. The number of rotatable bonds is 6. The number of carbonyl (C=O) groups excluding carboxylic acids is 1. The zero-order valence-electron chi connectivity index (χ0n) is 14.6. The molecule has 1 aromatic carbocycles. The van der Waals surface area contributed by atoms with Crippen LogP contribution in [-0.2, 0) is 0 Å². The number of ether oxygens (including phenoxy) is 2. The monoisotopic (exact) mass is 370 g/mol. The fraction of sp³-hybridized carbons (Fsp3) is 0.167. The highest BCUT2D eigenvalue weighted by Gasteiger charge is 2.14. The Hall–Kier alpha value is -3.13. The van der Waals surface area contributed by atoms with Crippen molar-refractivity contribution in [3.05, 3.63) is 53.2 Å². The number of anilines is 3. The molecule has 3 rings (SSSR count). The summed E-state index contributed by atoms with van der Waals surface area (Å²) < 4.78 is 10.5. The van der Waals surface area contributed by atoms with E-state index in [4.69, 9.17) is 9.47 Å². The molecule has 2 N–H and O–H groups in total. The van der Waals surface area contributed by atoms with E-state index in [9.17, 15) is 4.79 Å². The van der Waals surface area contributed by atoms with Crippen LogP contribution >= 0.6 is 11.3 Å². The SMILES string of the molecule is COc1ccc(OC)c(NC(=O)c2csc(Nc3cccc(C)n3)n2)c1. The fourth-order valence-corrected chi connectivity index (χ4v) is 2.95. The number of aromatic nitrogens is 2. The average Bonchev–Trinajstić information content (AvgIpc) is 3.10. The van der Waals surface area contributed by atoms with Gasteiger partial charge in [-0.15, -0.1) is 11.3 Å². The molecule has 1 amide bonds. The molecule has 3 aromatic rings. The maximum Gasteiger partial charge on any atom is 0.275 e. The number of methoxy groups -OCH3 is 2. The van der Waals surface area contributed by atoms with E-state index in [-0.39, 0.29) is 5.91 Å². The molecule has 7 nitrogen and oxygen atoms in total. The van der Waals surface area contributed by atoms with Crippen LogP contribution in [0.25, 0.3) is 0 Å². The molecule has 0 saturated carbocycles. The van der Waals surface area contributed by atoms with Gasteiger partial charge in [-0.25, -0.2) is 9.97 Å². The number of benzene rings is 1. The van der Waals surface area contributed by atoms with Crippen LogP contribution in [0.4, 0.5) is 16.6 Å². The van der Waals surface area contributed by atoms with Crippen LogP contribution in [0.15, 0.2) is 41.8 Å². The van der Waals surface area contributed by atoms with Crippen LogP contribution in [0.2, 0.25) is 0 Å². The van der Waals surface area contributed by atoms with E-state index < -0.39 is 0 Å². The van der Waals surface area contributed by atoms with Crippen molar-refractivity contribution in [2.24, 2.45) is 0 Å². The molecule has 0 aliphatic heterocycles. The number of hydrogen-bond donors (Lipinski definition) is 2. The molecule has 0 bridgehead atoms. The van der Waals surface area contributed by atoms with Crippen molar-refractivity contribution in [1.82, 2.24) is 9.97 Å². The fourth-order valence-electron chi connectivity index (χ4n) is 2.26. The van der Waals surface area contributed by atoms with Crippen molar-refractivity contribution in [2.75, 3.05) is 24.9 Å². The van der Waals surface area contributed by atoms with E-state index in [1.165, 1.54) is 18.4 Å². The number of carbonyl (C=O) groups is 1. The zero-order valence-corrected chi connectivity index (χ0v) is 15.4. The topological polar surface area (TPSA) is 85.4 Å². The molecule has 0 fully saturated rings. The lowest BCUT2D eigenvalue weighted by Crippen LogP contribution is -2.13. The minimum Gasteiger partial charge on any atom is -0.497 e. The number of nitrogens with zero attached hydrogens (tertiary/aromatic N) is 2. The Labute approximate surface area is 155 Å². The largest absolute Gasteiger partial charge is 0.497 e. The molecule has 0 aliphatic carbocycles. The average molecular weight is 370 g/mol. The molecule has 2 aromatic heterocycles. The number of aryl methyl sites for hydroxylation is 1. The Morgan fingerprint density at radius 2 is 1.96 bits per heavy atom. The van der Waals surface area contributed by atoms with Gasteiger partial charge in [-0.2, -0.15) is 0 Å². The third-order valence-corrected chi connectivity index (χ3v) is 4.27. The Kier molecular flexibility index (Phi) is 5.33. The summed E-state index contributed by atoms with van der Waals surface area (Å²) in [4.78, 5) is 21.2. The van der Waals surface area contributed by atoms with Crippen LogP contribution in [0.1, 0.15) is 16.2 Å². The first-order valence-electron chi connectivity index (χ1n) is 7.78. The lowest BCUT2D eigenvalue weighted by atomic mass is 10.2. The van der Waals surface area contributed by atoms with E-state index >= 15 is 0 Å². The minimum atomic E-state index is -0.335. The summed E-state index contributed by atoms with van der Waals surface area (Å²) in [7, 11) is 3.10. The van der Waals surface area contributed by atoms with Gasteiger partial charge in [-0.1, -0.05) is 6.07 Å². The van der Waals surface area contributed by atoms with Crippen molar-refractivity contribution < 1.29 is 14.3 Å². The second kappa shape index (κ2) is 7.83. The van der Waals surface area contributed by atoms with E-state index in [1.54, 1.807) is 30.7 Å². The molecular formula is C18H18N4O3S. The van der Waals surface area contributed by atoms with Crippen LogP contribution < -0.4 is 20.1 Å². The van der Waals surface area contributed by atoms with Crippen molar-refractivity contribution >= 4 is 33.9 Å². The molecule has 0 saturated heterocycles. The third kappa shape index (κ3) is 4.09. The second-order valence-corrected chi connectivity index (χ2v) is 6.21. The first-order chi connectivity index (χ1) is 12.6. The summed E-state index contributed by atoms with van der Waals surface area (Å²) in [5.41, 5.74) is 1.71. The lowest BCUT2D eigenvalue weighted by Gasteiger charge is -2.10. The van der Waals surface area contributed by atoms with Gasteiger partial charge in [0.25, 0.3) is 5.91 Å². The number of hydrogen-bond acceptors (Lipinski definition) is 7. The third-order valence-electron chi connectivity index (χ3n) is 3.51. The van der Waals surface area contributed by atoms with E-state index in [0.717, 1.165) is 5.69 Å². The normalized spacial score (nSPS) is 10.3. The molecule has 0 atom stereocenters. The number of nitrogens with one attached hydrogen (secondary N) is 2. The molecule has 26 heavy (non-hydrogen) atoms. The summed E-state index contributed by atoms with van der Waals surface area (Å²) in [6, 6.07) is 10.8. The van der Waals surface area contributed by atoms with Crippen LogP contribution in [0.5, 0.6) is 11.5 Å². The van der Waals surface area contributed by atoms with Crippen LogP contribution in [-0.4, -0.2) is 30.1 Å². The molecule has 8 heteroatoms. The van der Waals surface area contributed by atoms with Crippen LogP contribution in [0.3, 0.4) is 0 Å². The standard InChI is InChI=1S/C18H18N4O3S/c1-11-5-4-6-16(19-11)22-18-21-14(10-26-18)17(23)20-13-9-12(24-2)7-8-15(13)25-3/h4-10H,1-3H3,(H,20,23)(H,19,21,22). The molecule has 0 spiro atoms. The van der Waals surface area contributed by atoms with Gasteiger partial charge in [0.2, 0.25) is 0 Å². The van der Waals surface area contributed by atoms with Crippen LogP contribution in [0, 0.1) is 6.92 Å². The van der Waals surface area contributed by atoms with Crippen molar-refractivity contribution in [1.29, 1.82) is 0 Å². The summed E-state index contributed by atoms with van der Waals surface area (Å²) in [6.45, 7) is 1.91. The predicted molar refractivity (Wildman–Crippen MR) is 102 cm³/mol. The Balaban J connectivity index is 1.74. The molecule has 0 aliphatic rings. The van der Waals surface area contributed by atoms with E-state index in [1.807, 2.05) is 25.1 Å². The maximum absolute atomic E-state index is 12.5. The molecule has 0 unspecified atom stereocenters. The van der Waals surface area contributed by atoms with Gasteiger partial charge in [0, 0.05) is 17.1 Å². The van der Waals surface area contributed by atoms with Gasteiger partial charge < -0.3 is 20.1 Å².